The summed E-state index contributed by atoms with van der Waals surface area (Å²) in [5.74, 6) is 0. The zero-order chi connectivity index (χ0) is 15.4. The molecule has 0 bridgehead atoms. The van der Waals surface area contributed by atoms with E-state index in [1.807, 2.05) is 12.3 Å². The van der Waals surface area contributed by atoms with Gasteiger partial charge >= 0.3 is 0 Å². The Balaban J connectivity index is 1.73. The monoisotopic (exact) mass is 292 g/mol. The minimum absolute atomic E-state index is 1.03. The van der Waals surface area contributed by atoms with E-state index in [9.17, 15) is 0 Å². The van der Waals surface area contributed by atoms with Crippen molar-refractivity contribution in [2.75, 3.05) is 13.1 Å². The molecule has 1 fully saturated rings. The molecule has 0 spiro atoms. The molecule has 0 amide bonds. The summed E-state index contributed by atoms with van der Waals surface area (Å²) in [6.45, 7) is 9.44. The number of benzene rings is 1. The van der Waals surface area contributed by atoms with Crippen molar-refractivity contribution < 1.29 is 0 Å². The van der Waals surface area contributed by atoms with Crippen LogP contribution >= 0.6 is 0 Å². The summed E-state index contributed by atoms with van der Waals surface area (Å²) < 4.78 is 0. The number of hydrogen-bond donors (Lipinski definition) is 0. The van der Waals surface area contributed by atoms with Crippen molar-refractivity contribution in [3.63, 3.8) is 0 Å². The summed E-state index contributed by atoms with van der Waals surface area (Å²) in [7, 11) is 0. The number of aryl methyl sites for hydroxylation is 1. The summed E-state index contributed by atoms with van der Waals surface area (Å²) in [5.41, 5.74) is 5.95. The van der Waals surface area contributed by atoms with Gasteiger partial charge in [0.05, 0.1) is 5.69 Å². The topological polar surface area (TPSA) is 16.1 Å². The van der Waals surface area contributed by atoms with E-state index >= 15 is 0 Å². The van der Waals surface area contributed by atoms with Gasteiger partial charge in [-0.3, -0.25) is 9.88 Å². The molecule has 1 aliphatic rings. The first kappa shape index (κ1) is 15.0. The van der Waals surface area contributed by atoms with Crippen molar-refractivity contribution in [3.05, 3.63) is 59.8 Å². The number of likely N-dealkylation sites (tertiary alicyclic amines) is 1. The van der Waals surface area contributed by atoms with E-state index in [1.54, 1.807) is 0 Å². The smallest absolute Gasteiger partial charge is 0.0702 e. The van der Waals surface area contributed by atoms with Gasteiger partial charge in [-0.25, -0.2) is 0 Å². The highest BCUT2D eigenvalue weighted by molar-refractivity contribution is 5.64. The minimum Gasteiger partial charge on any atom is -0.299 e. The average molecular weight is 292 g/mol. The summed E-state index contributed by atoms with van der Waals surface area (Å²) >= 11 is 0. The highest BCUT2D eigenvalue weighted by atomic mass is 15.1. The number of piperidine rings is 1. The first-order chi connectivity index (χ1) is 10.8. The van der Waals surface area contributed by atoms with Gasteiger partial charge in [-0.2, -0.15) is 0 Å². The van der Waals surface area contributed by atoms with Crippen LogP contribution in [0, 0.1) is 6.92 Å². The van der Waals surface area contributed by atoms with E-state index in [1.165, 1.54) is 54.6 Å². The van der Waals surface area contributed by atoms with Gasteiger partial charge in [0.1, 0.15) is 0 Å². The molecule has 0 unspecified atom stereocenters. The lowest BCUT2D eigenvalue weighted by Gasteiger charge is -2.26. The van der Waals surface area contributed by atoms with Crippen molar-refractivity contribution >= 4 is 6.08 Å². The Bertz CT molecular complexity index is 637. The standard InChI is InChI=1S/C20H24N2/c1-3-18-8-9-19(13-16(18)2)20-10-7-17(14-21-20)15-22-11-5-4-6-12-22/h3,7-10,13-14H,1,4-6,11-12,15H2,2H3. The van der Waals surface area contributed by atoms with Gasteiger partial charge in [-0.1, -0.05) is 37.3 Å². The fourth-order valence-corrected chi connectivity index (χ4v) is 3.13. The first-order valence-corrected chi connectivity index (χ1v) is 8.17. The highest BCUT2D eigenvalue weighted by Crippen LogP contribution is 2.22. The Morgan fingerprint density at radius 2 is 1.95 bits per heavy atom. The zero-order valence-corrected chi connectivity index (χ0v) is 13.4. The number of hydrogen-bond acceptors (Lipinski definition) is 2. The lowest BCUT2D eigenvalue weighted by molar-refractivity contribution is 0.220. The fourth-order valence-electron chi connectivity index (χ4n) is 3.13. The summed E-state index contributed by atoms with van der Waals surface area (Å²) in [6.07, 6.45) is 7.98. The van der Waals surface area contributed by atoms with Gasteiger partial charge < -0.3 is 0 Å². The number of rotatable bonds is 4. The predicted molar refractivity (Wildman–Crippen MR) is 93.6 cm³/mol. The van der Waals surface area contributed by atoms with Crippen molar-refractivity contribution in [2.24, 2.45) is 0 Å². The third kappa shape index (κ3) is 3.45. The van der Waals surface area contributed by atoms with Crippen LogP contribution < -0.4 is 0 Å². The molecule has 0 radical (unpaired) electrons. The molecular formula is C20H24N2. The molecule has 3 rings (SSSR count). The molecule has 2 heterocycles. The maximum Gasteiger partial charge on any atom is 0.0702 e. The molecule has 114 valence electrons. The zero-order valence-electron chi connectivity index (χ0n) is 13.4. The van der Waals surface area contributed by atoms with E-state index in [2.05, 4.69) is 53.7 Å². The second-order valence-corrected chi connectivity index (χ2v) is 6.16. The molecule has 1 aromatic carbocycles. The SMILES string of the molecule is C=Cc1ccc(-c2ccc(CN3CCCCC3)cn2)cc1C. The maximum atomic E-state index is 4.66. The maximum absolute atomic E-state index is 4.66. The van der Waals surface area contributed by atoms with Gasteiger partial charge in [-0.15, -0.1) is 0 Å². The minimum atomic E-state index is 1.03. The largest absolute Gasteiger partial charge is 0.299 e. The van der Waals surface area contributed by atoms with Crippen LogP contribution in [0.1, 0.15) is 36.0 Å². The molecular weight excluding hydrogens is 268 g/mol. The molecule has 22 heavy (non-hydrogen) atoms. The average Bonchev–Trinajstić information content (AvgIpc) is 2.56. The lowest BCUT2D eigenvalue weighted by Crippen LogP contribution is -2.29. The molecule has 2 heteroatoms. The Hall–Kier alpha value is -1.93. The van der Waals surface area contributed by atoms with Crippen molar-refractivity contribution in [1.29, 1.82) is 0 Å². The lowest BCUT2D eigenvalue weighted by atomic mass is 10.0. The van der Waals surface area contributed by atoms with Crippen molar-refractivity contribution in [3.8, 4) is 11.3 Å². The van der Waals surface area contributed by atoms with Gasteiger partial charge in [0.25, 0.3) is 0 Å². The van der Waals surface area contributed by atoms with Crippen LogP contribution in [0.2, 0.25) is 0 Å². The third-order valence-electron chi connectivity index (χ3n) is 4.47. The molecule has 0 N–H and O–H groups in total. The number of pyridine rings is 1. The van der Waals surface area contributed by atoms with Crippen LogP contribution in [-0.2, 0) is 6.54 Å². The molecule has 2 nitrogen and oxygen atoms in total. The predicted octanol–water partition coefficient (Wildman–Crippen LogP) is 4.69. The van der Waals surface area contributed by atoms with E-state index in [0.717, 1.165) is 12.2 Å². The first-order valence-electron chi connectivity index (χ1n) is 8.17. The molecule has 2 aromatic rings. The Morgan fingerprint density at radius 1 is 1.14 bits per heavy atom. The number of nitrogens with zero attached hydrogens (tertiary/aromatic N) is 2. The molecule has 0 aliphatic carbocycles. The Morgan fingerprint density at radius 3 is 2.59 bits per heavy atom. The normalized spacial score (nSPS) is 15.7. The van der Waals surface area contributed by atoms with E-state index in [4.69, 9.17) is 0 Å². The van der Waals surface area contributed by atoms with Crippen LogP contribution in [0.3, 0.4) is 0 Å². The third-order valence-corrected chi connectivity index (χ3v) is 4.47. The van der Waals surface area contributed by atoms with Gasteiger partial charge in [0.15, 0.2) is 0 Å². The Kier molecular flexibility index (Phi) is 4.69. The second-order valence-electron chi connectivity index (χ2n) is 6.16. The highest BCUT2D eigenvalue weighted by Gasteiger charge is 2.10. The molecule has 0 atom stereocenters. The quantitative estimate of drug-likeness (QED) is 0.813. The molecule has 1 saturated heterocycles. The molecule has 1 aliphatic heterocycles. The summed E-state index contributed by atoms with van der Waals surface area (Å²) in [5, 5.41) is 0. The number of aromatic nitrogens is 1. The summed E-state index contributed by atoms with van der Waals surface area (Å²) in [6, 6.07) is 10.8. The van der Waals surface area contributed by atoms with Crippen LogP contribution in [0.15, 0.2) is 43.1 Å². The van der Waals surface area contributed by atoms with Gasteiger partial charge in [0.2, 0.25) is 0 Å². The van der Waals surface area contributed by atoms with Crippen LogP contribution in [0.25, 0.3) is 17.3 Å². The van der Waals surface area contributed by atoms with E-state index < -0.39 is 0 Å². The second kappa shape index (κ2) is 6.89. The van der Waals surface area contributed by atoms with E-state index in [-0.39, 0.29) is 0 Å². The van der Waals surface area contributed by atoms with Gasteiger partial charge in [0, 0.05) is 18.3 Å². The van der Waals surface area contributed by atoms with Crippen LogP contribution in [0.4, 0.5) is 0 Å². The molecule has 1 aromatic heterocycles. The summed E-state index contributed by atoms with van der Waals surface area (Å²) in [4.78, 5) is 7.19. The van der Waals surface area contributed by atoms with Crippen molar-refractivity contribution in [2.45, 2.75) is 32.7 Å². The van der Waals surface area contributed by atoms with Crippen molar-refractivity contribution in [1.82, 2.24) is 9.88 Å². The Labute approximate surface area is 133 Å². The fraction of sp³-hybridized carbons (Fsp3) is 0.350. The van der Waals surface area contributed by atoms with E-state index in [0.29, 0.717) is 0 Å². The van der Waals surface area contributed by atoms with Gasteiger partial charge in [-0.05, 0) is 61.7 Å². The van der Waals surface area contributed by atoms with Crippen LogP contribution in [0.5, 0.6) is 0 Å². The molecule has 0 saturated carbocycles. The van der Waals surface area contributed by atoms with Crippen LogP contribution in [-0.4, -0.2) is 23.0 Å².